The first-order valence-corrected chi connectivity index (χ1v) is 12.3. The molecule has 32 heavy (non-hydrogen) atoms. The number of nitrogens with zero attached hydrogens (tertiary/aromatic N) is 1. The number of fused-ring (bicyclic) bond motifs is 4. The van der Waals surface area contributed by atoms with E-state index in [-0.39, 0.29) is 38.0 Å². The Morgan fingerprint density at radius 1 is 0.875 bits per heavy atom. The van der Waals surface area contributed by atoms with Gasteiger partial charge in [0.1, 0.15) is 0 Å². The van der Waals surface area contributed by atoms with Crippen LogP contribution in [0.3, 0.4) is 0 Å². The topological polar surface area (TPSA) is 71.5 Å². The second-order valence-corrected chi connectivity index (χ2v) is 10.9. The summed E-state index contributed by atoms with van der Waals surface area (Å²) in [5.74, 6) is -0.528. The highest BCUT2D eigenvalue weighted by molar-refractivity contribution is 7.91. The number of hydrogen-bond acceptors (Lipinski definition) is 4. The van der Waals surface area contributed by atoms with Gasteiger partial charge in [-0.05, 0) is 54.3 Å². The first-order valence-electron chi connectivity index (χ1n) is 10.8. The largest absolute Gasteiger partial charge is 0.333 e. The summed E-state index contributed by atoms with van der Waals surface area (Å²) in [4.78, 5) is 28.1. The third-order valence-electron chi connectivity index (χ3n) is 7.23. The van der Waals surface area contributed by atoms with Crippen LogP contribution in [0.4, 0.5) is 0 Å². The van der Waals surface area contributed by atoms with Gasteiger partial charge in [-0.1, -0.05) is 42.8 Å². The third kappa shape index (κ3) is 2.59. The van der Waals surface area contributed by atoms with Gasteiger partial charge >= 0.3 is 0 Å². The monoisotopic (exact) mass is 443 g/mol. The molecule has 1 amide bonds. The lowest BCUT2D eigenvalue weighted by Gasteiger charge is -2.50. The molecule has 0 unspecified atom stereocenters. The fourth-order valence-corrected chi connectivity index (χ4v) is 7.14. The molecule has 0 bridgehead atoms. The van der Waals surface area contributed by atoms with E-state index < -0.39 is 9.84 Å². The van der Waals surface area contributed by atoms with Gasteiger partial charge in [-0.2, -0.15) is 0 Å². The van der Waals surface area contributed by atoms with E-state index in [1.807, 2.05) is 11.0 Å². The number of carbonyl (C=O) groups excluding carboxylic acids is 2. The van der Waals surface area contributed by atoms with Crippen LogP contribution in [-0.2, 0) is 21.8 Å². The molecule has 1 aliphatic carbocycles. The van der Waals surface area contributed by atoms with Gasteiger partial charge in [-0.25, -0.2) is 8.42 Å². The molecule has 2 heterocycles. The van der Waals surface area contributed by atoms with Gasteiger partial charge in [0.25, 0.3) is 5.91 Å². The molecule has 3 aliphatic rings. The maximum absolute atomic E-state index is 13.5. The van der Waals surface area contributed by atoms with Crippen molar-refractivity contribution in [3.63, 3.8) is 0 Å². The zero-order valence-corrected chi connectivity index (χ0v) is 18.2. The number of ketones is 1. The summed E-state index contributed by atoms with van der Waals surface area (Å²) in [6, 6.07) is 19.0. The van der Waals surface area contributed by atoms with Crippen LogP contribution in [0.15, 0.2) is 76.5 Å². The van der Waals surface area contributed by atoms with E-state index >= 15 is 0 Å². The van der Waals surface area contributed by atoms with Crippen LogP contribution < -0.4 is 0 Å². The molecule has 1 saturated carbocycles. The minimum atomic E-state index is -3.88. The molecule has 0 aromatic heterocycles. The number of carbonyl (C=O) groups is 2. The van der Waals surface area contributed by atoms with Gasteiger partial charge in [0, 0.05) is 35.2 Å². The van der Waals surface area contributed by atoms with Crippen LogP contribution in [0.25, 0.3) is 0 Å². The lowest BCUT2D eigenvalue weighted by atomic mass is 9.61. The van der Waals surface area contributed by atoms with Gasteiger partial charge in [0.2, 0.25) is 9.84 Å². The SMILES string of the molecule is O=C1c2ccccc2S(=O)(=O)c2cc(C(=O)N3Cc4ccccc4C4(CCC4)C3)ccc21. The lowest BCUT2D eigenvalue weighted by Crippen LogP contribution is -2.51. The predicted octanol–water partition coefficient (Wildman–Crippen LogP) is 4.14. The molecule has 0 saturated heterocycles. The fraction of sp³-hybridized carbons (Fsp3) is 0.231. The number of sulfone groups is 1. The smallest absolute Gasteiger partial charge is 0.254 e. The molecule has 3 aromatic rings. The first-order chi connectivity index (χ1) is 15.4. The highest BCUT2D eigenvalue weighted by Gasteiger charge is 2.45. The van der Waals surface area contributed by atoms with E-state index in [1.165, 1.54) is 29.8 Å². The zero-order chi connectivity index (χ0) is 22.1. The second-order valence-electron chi connectivity index (χ2n) is 8.99. The second kappa shape index (κ2) is 6.62. The summed E-state index contributed by atoms with van der Waals surface area (Å²) in [6.07, 6.45) is 3.25. The Bertz CT molecular complexity index is 1420. The molecule has 6 heteroatoms. The van der Waals surface area contributed by atoms with Crippen molar-refractivity contribution in [3.05, 3.63) is 94.5 Å². The summed E-state index contributed by atoms with van der Waals surface area (Å²) in [5, 5.41) is 0. The maximum atomic E-state index is 13.5. The highest BCUT2D eigenvalue weighted by Crippen LogP contribution is 2.48. The average molecular weight is 444 g/mol. The summed E-state index contributed by atoms with van der Waals surface area (Å²) >= 11 is 0. The highest BCUT2D eigenvalue weighted by atomic mass is 32.2. The van der Waals surface area contributed by atoms with E-state index in [9.17, 15) is 18.0 Å². The Hall–Kier alpha value is -3.25. The Morgan fingerprint density at radius 3 is 2.38 bits per heavy atom. The van der Waals surface area contributed by atoms with Gasteiger partial charge in [-0.3, -0.25) is 9.59 Å². The minimum Gasteiger partial charge on any atom is -0.333 e. The number of rotatable bonds is 1. The van der Waals surface area contributed by atoms with Crippen molar-refractivity contribution < 1.29 is 18.0 Å². The standard InChI is InChI=1S/C26H21NO4S/c28-24-19-7-2-4-9-22(19)32(30,31)23-14-17(10-11-20(23)24)25(29)27-15-18-6-1-3-8-21(18)26(16-27)12-5-13-26/h1-4,6-11,14H,5,12-13,15-16H2. The van der Waals surface area contributed by atoms with Crippen molar-refractivity contribution in [2.45, 2.75) is 41.0 Å². The van der Waals surface area contributed by atoms with Crippen molar-refractivity contribution in [1.29, 1.82) is 0 Å². The minimum absolute atomic E-state index is 0.000304. The van der Waals surface area contributed by atoms with Gasteiger partial charge in [-0.15, -0.1) is 0 Å². The van der Waals surface area contributed by atoms with Gasteiger partial charge in [0.15, 0.2) is 5.78 Å². The average Bonchev–Trinajstić information content (AvgIpc) is 2.80. The molecule has 1 spiro atoms. The van der Waals surface area contributed by atoms with Crippen LogP contribution in [0, 0.1) is 0 Å². The van der Waals surface area contributed by atoms with E-state index in [1.54, 1.807) is 18.2 Å². The summed E-state index contributed by atoms with van der Waals surface area (Å²) in [5.41, 5.74) is 3.10. The predicted molar refractivity (Wildman–Crippen MR) is 118 cm³/mol. The zero-order valence-electron chi connectivity index (χ0n) is 17.4. The van der Waals surface area contributed by atoms with Crippen LogP contribution in [0.1, 0.15) is 56.7 Å². The molecule has 6 rings (SSSR count). The number of hydrogen-bond donors (Lipinski definition) is 0. The Kier molecular flexibility index (Phi) is 4.02. The Labute approximate surface area is 186 Å². The molecule has 0 atom stereocenters. The normalized spacial score (nSPS) is 19.5. The molecule has 160 valence electrons. The molecule has 3 aromatic carbocycles. The molecule has 2 aliphatic heterocycles. The number of amides is 1. The van der Waals surface area contributed by atoms with Crippen molar-refractivity contribution in [1.82, 2.24) is 4.90 Å². The van der Waals surface area contributed by atoms with Crippen LogP contribution >= 0.6 is 0 Å². The van der Waals surface area contributed by atoms with Gasteiger partial charge in [0.05, 0.1) is 9.79 Å². The fourth-order valence-electron chi connectivity index (χ4n) is 5.46. The lowest BCUT2D eigenvalue weighted by molar-refractivity contribution is 0.0587. The van der Waals surface area contributed by atoms with E-state index in [2.05, 4.69) is 18.2 Å². The quantitative estimate of drug-likeness (QED) is 0.443. The maximum Gasteiger partial charge on any atom is 0.254 e. The van der Waals surface area contributed by atoms with Crippen molar-refractivity contribution >= 4 is 21.5 Å². The Morgan fingerprint density at radius 2 is 1.59 bits per heavy atom. The van der Waals surface area contributed by atoms with Gasteiger partial charge < -0.3 is 4.90 Å². The van der Waals surface area contributed by atoms with Crippen LogP contribution in [0.5, 0.6) is 0 Å². The van der Waals surface area contributed by atoms with Crippen molar-refractivity contribution in [3.8, 4) is 0 Å². The van der Waals surface area contributed by atoms with E-state index in [0.717, 1.165) is 24.8 Å². The summed E-state index contributed by atoms with van der Waals surface area (Å²) in [6.45, 7) is 1.14. The van der Waals surface area contributed by atoms with Crippen LogP contribution in [-0.4, -0.2) is 31.6 Å². The molecule has 1 fully saturated rings. The van der Waals surface area contributed by atoms with E-state index in [4.69, 9.17) is 0 Å². The molecule has 5 nitrogen and oxygen atoms in total. The third-order valence-corrected chi connectivity index (χ3v) is 9.08. The molecular weight excluding hydrogens is 422 g/mol. The Balaban J connectivity index is 1.40. The van der Waals surface area contributed by atoms with E-state index in [0.29, 0.717) is 18.7 Å². The molecular formula is C26H21NO4S. The number of benzene rings is 3. The van der Waals surface area contributed by atoms with Crippen molar-refractivity contribution in [2.24, 2.45) is 0 Å². The summed E-state index contributed by atoms with van der Waals surface area (Å²) in [7, 11) is -3.88. The first kappa shape index (κ1) is 19.4. The molecule has 0 radical (unpaired) electrons. The summed E-state index contributed by atoms with van der Waals surface area (Å²) < 4.78 is 26.5. The molecule has 0 N–H and O–H groups in total. The van der Waals surface area contributed by atoms with Crippen LogP contribution in [0.2, 0.25) is 0 Å². The van der Waals surface area contributed by atoms with Crippen molar-refractivity contribution in [2.75, 3.05) is 6.54 Å².